The summed E-state index contributed by atoms with van der Waals surface area (Å²) in [6.45, 7) is 0. The zero-order valence-electron chi connectivity index (χ0n) is 12.4. The third-order valence-electron chi connectivity index (χ3n) is 3.14. The number of ether oxygens (including phenoxy) is 1. The van der Waals surface area contributed by atoms with Gasteiger partial charge in [-0.3, -0.25) is 4.79 Å². The molecule has 6 nitrogen and oxygen atoms in total. The van der Waals surface area contributed by atoms with Crippen molar-refractivity contribution in [2.24, 2.45) is 0 Å². The fraction of sp³-hybridized carbons (Fsp3) is 0.0625. The smallest absolute Gasteiger partial charge is 0.337 e. The molecule has 0 fully saturated rings. The maximum absolute atomic E-state index is 12.3. The molecule has 3 rings (SSSR count). The molecule has 0 aliphatic rings. The second kappa shape index (κ2) is 6.86. The highest BCUT2D eigenvalue weighted by Crippen LogP contribution is 2.26. The van der Waals surface area contributed by atoms with Crippen LogP contribution in [-0.2, 0) is 4.74 Å². The molecule has 3 aromatic rings. The van der Waals surface area contributed by atoms with Crippen LogP contribution < -0.4 is 5.32 Å². The first-order valence-electron chi connectivity index (χ1n) is 6.76. The van der Waals surface area contributed by atoms with E-state index in [-0.39, 0.29) is 11.3 Å². The van der Waals surface area contributed by atoms with Crippen LogP contribution in [-0.4, -0.2) is 24.0 Å². The first kappa shape index (κ1) is 16.2. The number of rotatable bonds is 4. The Labute approximate surface area is 146 Å². The highest BCUT2D eigenvalue weighted by Gasteiger charge is 2.15. The molecule has 8 heteroatoms. The van der Waals surface area contributed by atoms with Crippen molar-refractivity contribution < 1.29 is 18.7 Å². The number of carbonyl (C=O) groups is 2. The van der Waals surface area contributed by atoms with Crippen LogP contribution in [0.4, 0.5) is 5.69 Å². The highest BCUT2D eigenvalue weighted by molar-refractivity contribution is 7.13. The number of amides is 1. The zero-order chi connectivity index (χ0) is 17.1. The van der Waals surface area contributed by atoms with E-state index in [9.17, 15) is 9.59 Å². The average molecular weight is 363 g/mol. The average Bonchev–Trinajstić information content (AvgIpc) is 3.27. The molecule has 0 spiro atoms. The normalized spacial score (nSPS) is 10.4. The Bertz CT molecular complexity index is 889. The van der Waals surface area contributed by atoms with Crippen molar-refractivity contribution in [2.75, 3.05) is 12.4 Å². The van der Waals surface area contributed by atoms with E-state index in [2.05, 4.69) is 15.0 Å². The van der Waals surface area contributed by atoms with Crippen molar-refractivity contribution in [2.45, 2.75) is 0 Å². The Morgan fingerprint density at radius 2 is 2.17 bits per heavy atom. The number of nitrogens with zero attached hydrogens (tertiary/aromatic N) is 1. The summed E-state index contributed by atoms with van der Waals surface area (Å²) < 4.78 is 9.65. The Hall–Kier alpha value is -2.64. The van der Waals surface area contributed by atoms with E-state index < -0.39 is 11.9 Å². The number of halogens is 1. The van der Waals surface area contributed by atoms with Gasteiger partial charge in [0.25, 0.3) is 5.91 Å². The fourth-order valence-corrected chi connectivity index (χ4v) is 2.90. The van der Waals surface area contributed by atoms with Gasteiger partial charge in [0.05, 0.1) is 29.6 Å². The Morgan fingerprint density at radius 3 is 2.88 bits per heavy atom. The molecular weight excluding hydrogens is 352 g/mol. The SMILES string of the molecule is COC(=O)c1ccc(Cl)c(NC(=O)c2csc(-c3ccoc3)n2)c1. The van der Waals surface area contributed by atoms with Crippen molar-refractivity contribution in [3.05, 3.63) is 58.5 Å². The van der Waals surface area contributed by atoms with Gasteiger partial charge >= 0.3 is 5.97 Å². The van der Waals surface area contributed by atoms with Gasteiger partial charge in [0.15, 0.2) is 0 Å². The predicted octanol–water partition coefficient (Wildman–Crippen LogP) is 4.10. The van der Waals surface area contributed by atoms with Crippen LogP contribution in [0.15, 0.2) is 46.6 Å². The van der Waals surface area contributed by atoms with Gasteiger partial charge in [0.1, 0.15) is 17.0 Å². The van der Waals surface area contributed by atoms with Crippen LogP contribution in [0.25, 0.3) is 10.6 Å². The molecule has 0 aliphatic heterocycles. The minimum absolute atomic E-state index is 0.246. The molecule has 24 heavy (non-hydrogen) atoms. The van der Waals surface area contributed by atoms with Crippen molar-refractivity contribution in [1.82, 2.24) is 4.98 Å². The molecule has 1 N–H and O–H groups in total. The molecule has 2 heterocycles. The molecule has 122 valence electrons. The predicted molar refractivity (Wildman–Crippen MR) is 90.6 cm³/mol. The number of aromatic nitrogens is 1. The van der Waals surface area contributed by atoms with Crippen LogP contribution in [0.5, 0.6) is 0 Å². The third kappa shape index (κ3) is 3.32. The number of benzene rings is 1. The van der Waals surface area contributed by atoms with Crippen LogP contribution in [0.2, 0.25) is 5.02 Å². The number of esters is 1. The molecule has 0 radical (unpaired) electrons. The quantitative estimate of drug-likeness (QED) is 0.707. The van der Waals surface area contributed by atoms with Crippen molar-refractivity contribution in [1.29, 1.82) is 0 Å². The van der Waals surface area contributed by atoms with E-state index in [0.29, 0.717) is 15.7 Å². The number of methoxy groups -OCH3 is 1. The number of nitrogens with one attached hydrogen (secondary N) is 1. The summed E-state index contributed by atoms with van der Waals surface area (Å²) >= 11 is 7.39. The zero-order valence-corrected chi connectivity index (χ0v) is 14.0. The maximum atomic E-state index is 12.3. The Morgan fingerprint density at radius 1 is 1.33 bits per heavy atom. The number of anilines is 1. The molecule has 0 bridgehead atoms. The summed E-state index contributed by atoms with van der Waals surface area (Å²) in [6, 6.07) is 6.25. The van der Waals surface area contributed by atoms with Gasteiger partial charge in [-0.25, -0.2) is 9.78 Å². The lowest BCUT2D eigenvalue weighted by Crippen LogP contribution is -2.13. The maximum Gasteiger partial charge on any atom is 0.337 e. The van der Waals surface area contributed by atoms with Crippen LogP contribution in [0.3, 0.4) is 0 Å². The van der Waals surface area contributed by atoms with Crippen molar-refractivity contribution in [3.63, 3.8) is 0 Å². The highest BCUT2D eigenvalue weighted by atomic mass is 35.5. The second-order valence-electron chi connectivity index (χ2n) is 4.69. The molecule has 2 aromatic heterocycles. The van der Waals surface area contributed by atoms with E-state index in [1.165, 1.54) is 42.9 Å². The summed E-state index contributed by atoms with van der Waals surface area (Å²) in [4.78, 5) is 28.2. The van der Waals surface area contributed by atoms with Crippen LogP contribution in [0.1, 0.15) is 20.8 Å². The molecule has 0 saturated carbocycles. The van der Waals surface area contributed by atoms with Gasteiger partial charge in [-0.1, -0.05) is 11.6 Å². The molecule has 0 unspecified atom stereocenters. The molecule has 1 amide bonds. The lowest BCUT2D eigenvalue weighted by molar-refractivity contribution is 0.0600. The molecule has 1 aromatic carbocycles. The van der Waals surface area contributed by atoms with Gasteiger partial charge in [-0.15, -0.1) is 11.3 Å². The van der Waals surface area contributed by atoms with Crippen molar-refractivity contribution in [3.8, 4) is 10.6 Å². The molecule has 0 saturated heterocycles. The monoisotopic (exact) mass is 362 g/mol. The van der Waals surface area contributed by atoms with E-state index in [4.69, 9.17) is 16.0 Å². The number of thiazole rings is 1. The summed E-state index contributed by atoms with van der Waals surface area (Å²) in [7, 11) is 1.28. The molecular formula is C16H11ClN2O4S. The molecule has 0 atom stereocenters. The molecule has 0 aliphatic carbocycles. The van der Waals surface area contributed by atoms with Gasteiger partial charge in [-0.05, 0) is 24.3 Å². The third-order valence-corrected chi connectivity index (χ3v) is 4.36. The summed E-state index contributed by atoms with van der Waals surface area (Å²) in [5.41, 5.74) is 1.64. The van der Waals surface area contributed by atoms with E-state index >= 15 is 0 Å². The standard InChI is InChI=1S/C16H11ClN2O4S/c1-22-16(21)9-2-3-11(17)12(6-9)18-14(20)13-8-24-15(19-13)10-4-5-23-7-10/h2-8H,1H3,(H,18,20). The van der Waals surface area contributed by atoms with Crippen LogP contribution in [0, 0.1) is 0 Å². The Kier molecular flexibility index (Phi) is 4.64. The summed E-state index contributed by atoms with van der Waals surface area (Å²) in [5, 5.41) is 5.26. The second-order valence-corrected chi connectivity index (χ2v) is 5.96. The number of hydrogen-bond donors (Lipinski definition) is 1. The number of furan rings is 1. The van der Waals surface area contributed by atoms with E-state index in [1.54, 1.807) is 17.7 Å². The van der Waals surface area contributed by atoms with E-state index in [0.717, 1.165) is 5.56 Å². The minimum Gasteiger partial charge on any atom is -0.472 e. The lowest BCUT2D eigenvalue weighted by Gasteiger charge is -2.07. The van der Waals surface area contributed by atoms with Gasteiger partial charge < -0.3 is 14.5 Å². The largest absolute Gasteiger partial charge is 0.472 e. The van der Waals surface area contributed by atoms with Gasteiger partial charge in [-0.2, -0.15) is 0 Å². The van der Waals surface area contributed by atoms with E-state index in [1.807, 2.05) is 0 Å². The van der Waals surface area contributed by atoms with Crippen LogP contribution >= 0.6 is 22.9 Å². The van der Waals surface area contributed by atoms with Crippen molar-refractivity contribution >= 4 is 40.5 Å². The Balaban J connectivity index is 1.81. The minimum atomic E-state index is -0.516. The number of hydrogen-bond acceptors (Lipinski definition) is 6. The fourth-order valence-electron chi connectivity index (χ4n) is 1.95. The van der Waals surface area contributed by atoms with Gasteiger partial charge in [0, 0.05) is 10.9 Å². The first-order chi connectivity index (χ1) is 11.6. The summed E-state index contributed by atoms with van der Waals surface area (Å²) in [6.07, 6.45) is 3.09. The lowest BCUT2D eigenvalue weighted by atomic mass is 10.2. The topological polar surface area (TPSA) is 81.4 Å². The van der Waals surface area contributed by atoms with Gasteiger partial charge in [0.2, 0.25) is 0 Å². The number of carbonyl (C=O) groups excluding carboxylic acids is 2. The first-order valence-corrected chi connectivity index (χ1v) is 8.01. The summed E-state index contributed by atoms with van der Waals surface area (Å²) in [5.74, 6) is -0.942.